The number of rotatable bonds is 4. The molecule has 1 N–H and O–H groups in total. The van der Waals surface area contributed by atoms with Gasteiger partial charge in [-0.3, -0.25) is 0 Å². The number of benzene rings is 1. The van der Waals surface area contributed by atoms with Crippen LogP contribution in [0, 0.1) is 6.92 Å². The molecule has 1 aliphatic rings. The number of nitrogens with zero attached hydrogens (tertiary/aromatic N) is 1. The predicted octanol–water partition coefficient (Wildman–Crippen LogP) is 3.14. The Morgan fingerprint density at radius 3 is 2.83 bits per heavy atom. The van der Waals surface area contributed by atoms with E-state index in [-0.39, 0.29) is 0 Å². The Morgan fingerprint density at radius 1 is 1.33 bits per heavy atom. The Balaban J connectivity index is 2.09. The molecular formula is C16H26N2. The lowest BCUT2D eigenvalue weighted by Gasteiger charge is -2.31. The molecule has 1 fully saturated rings. The van der Waals surface area contributed by atoms with Gasteiger partial charge in [0, 0.05) is 25.3 Å². The molecule has 1 heterocycles. The molecule has 2 nitrogen and oxygen atoms in total. The van der Waals surface area contributed by atoms with Crippen molar-refractivity contribution < 1.29 is 0 Å². The monoisotopic (exact) mass is 246 g/mol. The van der Waals surface area contributed by atoms with Crippen molar-refractivity contribution >= 4 is 5.69 Å². The van der Waals surface area contributed by atoms with Crippen molar-refractivity contribution in [3.8, 4) is 0 Å². The summed E-state index contributed by atoms with van der Waals surface area (Å²) >= 11 is 0. The first-order valence-electron chi connectivity index (χ1n) is 7.25. The van der Waals surface area contributed by atoms with Crippen molar-refractivity contribution in [1.29, 1.82) is 0 Å². The van der Waals surface area contributed by atoms with Gasteiger partial charge in [-0.15, -0.1) is 0 Å². The summed E-state index contributed by atoms with van der Waals surface area (Å²) in [5.74, 6) is 0. The topological polar surface area (TPSA) is 15.3 Å². The molecule has 0 amide bonds. The summed E-state index contributed by atoms with van der Waals surface area (Å²) in [5, 5.41) is 3.64. The first-order chi connectivity index (χ1) is 8.72. The zero-order valence-corrected chi connectivity index (χ0v) is 12.0. The standard InChI is InChI=1S/C16H26N2/c1-4-14-9-7-8-13(2)16(14)18(3)12-15-10-5-6-11-17-15/h7-9,15,17H,4-6,10-12H2,1-3H3. The molecular weight excluding hydrogens is 220 g/mol. The zero-order valence-electron chi connectivity index (χ0n) is 12.0. The van der Waals surface area contributed by atoms with Crippen molar-refractivity contribution in [3.05, 3.63) is 29.3 Å². The molecule has 1 atom stereocenters. The molecule has 2 heteroatoms. The Labute approximate surface area is 111 Å². The summed E-state index contributed by atoms with van der Waals surface area (Å²) in [6.07, 6.45) is 5.14. The maximum absolute atomic E-state index is 3.64. The second kappa shape index (κ2) is 6.24. The highest BCUT2D eigenvalue weighted by molar-refractivity contribution is 5.59. The van der Waals surface area contributed by atoms with Gasteiger partial charge in [-0.05, 0) is 43.9 Å². The number of anilines is 1. The summed E-state index contributed by atoms with van der Waals surface area (Å²) in [6, 6.07) is 7.31. The summed E-state index contributed by atoms with van der Waals surface area (Å²) < 4.78 is 0. The van der Waals surface area contributed by atoms with Crippen LogP contribution in [0.5, 0.6) is 0 Å². The molecule has 0 saturated carbocycles. The van der Waals surface area contributed by atoms with E-state index in [0.29, 0.717) is 6.04 Å². The van der Waals surface area contributed by atoms with Gasteiger partial charge in [0.25, 0.3) is 0 Å². The van der Waals surface area contributed by atoms with Crippen LogP contribution in [0.15, 0.2) is 18.2 Å². The molecule has 0 spiro atoms. The van der Waals surface area contributed by atoms with Gasteiger partial charge in [0.2, 0.25) is 0 Å². The lowest BCUT2D eigenvalue weighted by atomic mass is 10.0. The van der Waals surface area contributed by atoms with Crippen LogP contribution < -0.4 is 10.2 Å². The van der Waals surface area contributed by atoms with E-state index in [4.69, 9.17) is 0 Å². The fraction of sp³-hybridized carbons (Fsp3) is 0.625. The summed E-state index contributed by atoms with van der Waals surface area (Å²) in [6.45, 7) is 6.77. The number of para-hydroxylation sites is 1. The lowest BCUT2D eigenvalue weighted by molar-refractivity contribution is 0.403. The molecule has 0 aliphatic carbocycles. The molecule has 18 heavy (non-hydrogen) atoms. The molecule has 1 saturated heterocycles. The van der Waals surface area contributed by atoms with E-state index in [1.54, 1.807) is 0 Å². The van der Waals surface area contributed by atoms with E-state index in [0.717, 1.165) is 13.0 Å². The van der Waals surface area contributed by atoms with Crippen molar-refractivity contribution in [2.24, 2.45) is 0 Å². The Bertz CT molecular complexity index is 381. The largest absolute Gasteiger partial charge is 0.373 e. The Kier molecular flexibility index (Phi) is 4.65. The lowest BCUT2D eigenvalue weighted by Crippen LogP contribution is -2.42. The smallest absolute Gasteiger partial charge is 0.0426 e. The molecule has 100 valence electrons. The van der Waals surface area contributed by atoms with Gasteiger partial charge in [-0.25, -0.2) is 0 Å². The number of aryl methyl sites for hydroxylation is 2. The van der Waals surface area contributed by atoms with Crippen molar-refractivity contribution in [3.63, 3.8) is 0 Å². The molecule has 2 rings (SSSR count). The molecule has 1 unspecified atom stereocenters. The van der Waals surface area contributed by atoms with Crippen LogP contribution >= 0.6 is 0 Å². The van der Waals surface area contributed by atoms with Crippen LogP contribution in [0.3, 0.4) is 0 Å². The summed E-state index contributed by atoms with van der Waals surface area (Å²) in [5.41, 5.74) is 4.30. The van der Waals surface area contributed by atoms with E-state index in [2.05, 4.69) is 49.3 Å². The Morgan fingerprint density at radius 2 is 2.17 bits per heavy atom. The average molecular weight is 246 g/mol. The van der Waals surface area contributed by atoms with Gasteiger partial charge in [-0.1, -0.05) is 31.5 Å². The molecule has 1 aromatic rings. The minimum atomic E-state index is 0.660. The normalized spacial score (nSPS) is 19.8. The van der Waals surface area contributed by atoms with E-state index < -0.39 is 0 Å². The second-order valence-electron chi connectivity index (χ2n) is 5.46. The van der Waals surface area contributed by atoms with Crippen LogP contribution in [0.1, 0.15) is 37.3 Å². The third-order valence-electron chi connectivity index (χ3n) is 3.99. The van der Waals surface area contributed by atoms with Gasteiger partial charge in [0.05, 0.1) is 0 Å². The van der Waals surface area contributed by atoms with E-state index in [9.17, 15) is 0 Å². The fourth-order valence-electron chi connectivity index (χ4n) is 3.05. The average Bonchev–Trinajstić information content (AvgIpc) is 2.39. The van der Waals surface area contributed by atoms with E-state index in [1.807, 2.05) is 0 Å². The summed E-state index contributed by atoms with van der Waals surface area (Å²) in [4.78, 5) is 2.44. The first kappa shape index (κ1) is 13.4. The number of piperidine rings is 1. The number of likely N-dealkylation sites (N-methyl/N-ethyl adjacent to an activating group) is 1. The van der Waals surface area contributed by atoms with Crippen molar-refractivity contribution in [2.75, 3.05) is 25.0 Å². The Hall–Kier alpha value is -1.02. The highest BCUT2D eigenvalue weighted by Gasteiger charge is 2.17. The third-order valence-corrected chi connectivity index (χ3v) is 3.99. The molecule has 1 aliphatic heterocycles. The van der Waals surface area contributed by atoms with Crippen LogP contribution in [0.4, 0.5) is 5.69 Å². The zero-order chi connectivity index (χ0) is 13.0. The number of nitrogens with one attached hydrogen (secondary N) is 1. The number of hydrogen-bond acceptors (Lipinski definition) is 2. The SMILES string of the molecule is CCc1cccc(C)c1N(C)CC1CCCCN1. The van der Waals surface area contributed by atoms with Crippen molar-refractivity contribution in [1.82, 2.24) is 5.32 Å². The van der Waals surface area contributed by atoms with Gasteiger partial charge >= 0.3 is 0 Å². The highest BCUT2D eigenvalue weighted by Crippen LogP contribution is 2.25. The van der Waals surface area contributed by atoms with Gasteiger partial charge in [0.15, 0.2) is 0 Å². The molecule has 0 bridgehead atoms. The van der Waals surface area contributed by atoms with Crippen LogP contribution in [-0.4, -0.2) is 26.2 Å². The fourth-order valence-corrected chi connectivity index (χ4v) is 3.05. The maximum Gasteiger partial charge on any atom is 0.0426 e. The quantitative estimate of drug-likeness (QED) is 0.878. The van der Waals surface area contributed by atoms with Gasteiger partial charge < -0.3 is 10.2 Å². The minimum Gasteiger partial charge on any atom is -0.373 e. The van der Waals surface area contributed by atoms with Gasteiger partial charge in [-0.2, -0.15) is 0 Å². The molecule has 0 aromatic heterocycles. The molecule has 0 radical (unpaired) electrons. The van der Waals surface area contributed by atoms with Crippen LogP contribution in [-0.2, 0) is 6.42 Å². The molecule has 1 aromatic carbocycles. The third kappa shape index (κ3) is 3.05. The van der Waals surface area contributed by atoms with Crippen LogP contribution in [0.25, 0.3) is 0 Å². The van der Waals surface area contributed by atoms with Crippen LogP contribution in [0.2, 0.25) is 0 Å². The maximum atomic E-state index is 3.64. The predicted molar refractivity (Wildman–Crippen MR) is 79.5 cm³/mol. The second-order valence-corrected chi connectivity index (χ2v) is 5.46. The highest BCUT2D eigenvalue weighted by atomic mass is 15.1. The van der Waals surface area contributed by atoms with Crippen molar-refractivity contribution in [2.45, 2.75) is 45.6 Å². The minimum absolute atomic E-state index is 0.660. The number of hydrogen-bond donors (Lipinski definition) is 1. The van der Waals surface area contributed by atoms with E-state index in [1.165, 1.54) is 42.6 Å². The van der Waals surface area contributed by atoms with Gasteiger partial charge in [0.1, 0.15) is 0 Å². The summed E-state index contributed by atoms with van der Waals surface area (Å²) in [7, 11) is 2.23. The van der Waals surface area contributed by atoms with E-state index >= 15 is 0 Å². The first-order valence-corrected chi connectivity index (χ1v) is 7.25.